The fourth-order valence-electron chi connectivity index (χ4n) is 3.46. The van der Waals surface area contributed by atoms with Crippen LogP contribution < -0.4 is 5.32 Å². The van der Waals surface area contributed by atoms with Crippen LogP contribution in [-0.4, -0.2) is 20.5 Å². The Morgan fingerprint density at radius 3 is 2.81 bits per heavy atom. The molecule has 3 heterocycles. The van der Waals surface area contributed by atoms with Gasteiger partial charge in [-0.05, 0) is 61.8 Å². The van der Waals surface area contributed by atoms with Crippen molar-refractivity contribution in [1.29, 1.82) is 0 Å². The first-order valence-corrected chi connectivity index (χ1v) is 11.2. The van der Waals surface area contributed by atoms with Gasteiger partial charge in [-0.3, -0.25) is 4.79 Å². The third-order valence-corrected chi connectivity index (χ3v) is 7.85. The van der Waals surface area contributed by atoms with Crippen LogP contribution in [-0.2, 0) is 12.8 Å². The van der Waals surface area contributed by atoms with Gasteiger partial charge in [0, 0.05) is 10.4 Å². The summed E-state index contributed by atoms with van der Waals surface area (Å²) in [6.07, 6.45) is 4.52. The van der Waals surface area contributed by atoms with Crippen LogP contribution in [0.2, 0.25) is 0 Å². The zero-order chi connectivity index (χ0) is 18.4. The Hall–Kier alpha value is -2.16. The fraction of sp³-hybridized carbons (Fsp3) is 0.263. The number of para-hydroxylation sites is 1. The first-order chi connectivity index (χ1) is 13.2. The minimum absolute atomic E-state index is 0.136. The molecule has 0 fully saturated rings. The van der Waals surface area contributed by atoms with E-state index in [1.54, 1.807) is 22.7 Å². The Morgan fingerprint density at radius 2 is 2.00 bits per heavy atom. The third kappa shape index (κ3) is 2.97. The van der Waals surface area contributed by atoms with Crippen LogP contribution in [0.25, 0.3) is 20.8 Å². The normalized spacial score (nSPS) is 13.7. The number of carbonyl (C=O) groups is 1. The zero-order valence-electron chi connectivity index (χ0n) is 14.6. The van der Waals surface area contributed by atoms with E-state index in [4.69, 9.17) is 4.98 Å². The van der Waals surface area contributed by atoms with Crippen molar-refractivity contribution in [2.75, 3.05) is 5.32 Å². The number of nitrogens with zero attached hydrogens (tertiary/aromatic N) is 3. The first kappa shape index (κ1) is 17.0. The Kier molecular flexibility index (Phi) is 4.26. The first-order valence-electron chi connectivity index (χ1n) is 8.81. The Morgan fingerprint density at radius 1 is 1.15 bits per heavy atom. The van der Waals surface area contributed by atoms with Crippen molar-refractivity contribution >= 4 is 55.3 Å². The minimum Gasteiger partial charge on any atom is -0.312 e. The molecule has 1 aromatic carbocycles. The molecule has 0 saturated heterocycles. The summed E-state index contributed by atoms with van der Waals surface area (Å²) in [7, 11) is 0. The molecule has 1 aliphatic rings. The second kappa shape index (κ2) is 6.78. The number of thiazole rings is 1. The van der Waals surface area contributed by atoms with Gasteiger partial charge in [-0.2, -0.15) is 0 Å². The highest BCUT2D eigenvalue weighted by molar-refractivity contribution is 7.23. The summed E-state index contributed by atoms with van der Waals surface area (Å²) in [4.78, 5) is 19.6. The van der Waals surface area contributed by atoms with Crippen LogP contribution in [0.3, 0.4) is 0 Å². The van der Waals surface area contributed by atoms with Gasteiger partial charge in [0.05, 0.1) is 15.9 Å². The summed E-state index contributed by atoms with van der Waals surface area (Å²) in [6, 6.07) is 8.19. The lowest BCUT2D eigenvalue weighted by molar-refractivity contribution is 0.103. The molecule has 4 aromatic rings. The molecule has 8 heteroatoms. The van der Waals surface area contributed by atoms with Crippen molar-refractivity contribution in [3.05, 3.63) is 45.3 Å². The topological polar surface area (TPSA) is 67.8 Å². The molecule has 27 heavy (non-hydrogen) atoms. The van der Waals surface area contributed by atoms with E-state index in [2.05, 4.69) is 21.0 Å². The van der Waals surface area contributed by atoms with Gasteiger partial charge in [-0.1, -0.05) is 16.6 Å². The van der Waals surface area contributed by atoms with E-state index in [-0.39, 0.29) is 5.91 Å². The number of carbonyl (C=O) groups excluding carboxylic acids is 1. The number of hydrogen-bond acceptors (Lipinski definition) is 7. The lowest BCUT2D eigenvalue weighted by atomic mass is 9.96. The van der Waals surface area contributed by atoms with Crippen molar-refractivity contribution < 1.29 is 4.79 Å². The number of aryl methyl sites for hydroxylation is 2. The van der Waals surface area contributed by atoms with E-state index in [9.17, 15) is 4.79 Å². The van der Waals surface area contributed by atoms with E-state index in [0.717, 1.165) is 45.5 Å². The number of rotatable bonds is 3. The van der Waals surface area contributed by atoms with Gasteiger partial charge in [-0.25, -0.2) is 4.98 Å². The Bertz CT molecular complexity index is 1120. The Balaban J connectivity index is 1.62. The smallest absolute Gasteiger partial charge is 0.269 e. The van der Waals surface area contributed by atoms with Gasteiger partial charge in [0.2, 0.25) is 0 Å². The summed E-state index contributed by atoms with van der Waals surface area (Å²) in [5.41, 5.74) is 4.15. The molecule has 0 atom stereocenters. The van der Waals surface area contributed by atoms with Crippen molar-refractivity contribution in [3.8, 4) is 10.6 Å². The molecule has 3 aromatic heterocycles. The highest BCUT2D eigenvalue weighted by Crippen LogP contribution is 2.46. The molecule has 136 valence electrons. The second-order valence-electron chi connectivity index (χ2n) is 6.54. The monoisotopic (exact) mass is 412 g/mol. The molecule has 5 nitrogen and oxygen atoms in total. The highest BCUT2D eigenvalue weighted by Gasteiger charge is 2.26. The molecule has 0 unspecified atom stereocenters. The van der Waals surface area contributed by atoms with Gasteiger partial charge in [0.25, 0.3) is 5.91 Å². The van der Waals surface area contributed by atoms with Crippen LogP contribution in [0.5, 0.6) is 0 Å². The van der Waals surface area contributed by atoms with Crippen LogP contribution in [0.15, 0.2) is 24.3 Å². The maximum Gasteiger partial charge on any atom is 0.269 e. The lowest BCUT2D eigenvalue weighted by Gasteiger charge is -2.11. The van der Waals surface area contributed by atoms with Crippen LogP contribution in [0, 0.1) is 6.92 Å². The minimum atomic E-state index is -0.136. The van der Waals surface area contributed by atoms with E-state index in [0.29, 0.717) is 10.6 Å². The molecule has 0 bridgehead atoms. The highest BCUT2D eigenvalue weighted by atomic mass is 32.1. The number of fused-ring (bicyclic) bond motifs is 2. The Labute approximate surface area is 168 Å². The number of benzene rings is 1. The predicted octanol–water partition coefficient (Wildman–Crippen LogP) is 5.32. The number of aromatic nitrogens is 3. The molecule has 1 amide bonds. The molecule has 0 saturated carbocycles. The van der Waals surface area contributed by atoms with E-state index < -0.39 is 0 Å². The number of amides is 1. The van der Waals surface area contributed by atoms with Crippen molar-refractivity contribution in [2.45, 2.75) is 32.6 Å². The zero-order valence-corrected chi connectivity index (χ0v) is 17.1. The van der Waals surface area contributed by atoms with Crippen molar-refractivity contribution in [2.24, 2.45) is 0 Å². The van der Waals surface area contributed by atoms with Gasteiger partial charge < -0.3 is 5.32 Å². The molecule has 1 N–H and O–H groups in total. The summed E-state index contributed by atoms with van der Waals surface area (Å²) in [6.45, 7) is 1.81. The number of anilines is 1. The molecule has 0 spiro atoms. The van der Waals surface area contributed by atoms with E-state index in [1.807, 2.05) is 25.1 Å². The standard InChI is InChI=1S/C19H16N4OS3/c1-10-16(27-23-22-10)17(24)21-19-15(11-6-2-4-8-13(11)25-19)18-20-12-7-3-5-9-14(12)26-18/h3,5,7,9H,2,4,6,8H2,1H3,(H,21,24). The molecule has 1 aliphatic carbocycles. The number of hydrogen-bond donors (Lipinski definition) is 1. The maximum absolute atomic E-state index is 12.8. The van der Waals surface area contributed by atoms with Crippen LogP contribution in [0.4, 0.5) is 5.00 Å². The summed E-state index contributed by atoms with van der Waals surface area (Å²) < 4.78 is 5.05. The number of thiophene rings is 1. The maximum atomic E-state index is 12.8. The molecule has 0 radical (unpaired) electrons. The average Bonchev–Trinajstić information content (AvgIpc) is 3.36. The molecular formula is C19H16N4OS3. The van der Waals surface area contributed by atoms with Crippen molar-refractivity contribution in [3.63, 3.8) is 0 Å². The fourth-order valence-corrected chi connectivity index (χ4v) is 6.41. The van der Waals surface area contributed by atoms with Gasteiger partial charge in [0.1, 0.15) is 14.9 Å². The quantitative estimate of drug-likeness (QED) is 0.495. The van der Waals surface area contributed by atoms with E-state index in [1.165, 1.54) is 28.0 Å². The second-order valence-corrected chi connectivity index (χ2v) is 9.43. The largest absolute Gasteiger partial charge is 0.312 e. The summed E-state index contributed by atoms with van der Waals surface area (Å²) >= 11 is 4.52. The van der Waals surface area contributed by atoms with Crippen LogP contribution >= 0.6 is 34.2 Å². The number of nitrogens with one attached hydrogen (secondary N) is 1. The van der Waals surface area contributed by atoms with Gasteiger partial charge in [-0.15, -0.1) is 27.8 Å². The lowest BCUT2D eigenvalue weighted by Crippen LogP contribution is -2.11. The van der Waals surface area contributed by atoms with Crippen molar-refractivity contribution in [1.82, 2.24) is 14.6 Å². The SMILES string of the molecule is Cc1nnsc1C(=O)Nc1sc2c(c1-c1nc3ccccc3s1)CCCC2. The van der Waals surface area contributed by atoms with Gasteiger partial charge in [0.15, 0.2) is 0 Å². The third-order valence-electron chi connectivity index (χ3n) is 4.76. The van der Waals surface area contributed by atoms with Crippen LogP contribution in [0.1, 0.15) is 38.6 Å². The summed E-state index contributed by atoms with van der Waals surface area (Å²) in [5.74, 6) is -0.136. The molecular weight excluding hydrogens is 396 g/mol. The predicted molar refractivity (Wildman–Crippen MR) is 112 cm³/mol. The van der Waals surface area contributed by atoms with Gasteiger partial charge >= 0.3 is 0 Å². The summed E-state index contributed by atoms with van der Waals surface area (Å²) in [5, 5.41) is 8.98. The van der Waals surface area contributed by atoms with E-state index >= 15 is 0 Å². The average molecular weight is 413 g/mol. The molecule has 5 rings (SSSR count). The molecule has 0 aliphatic heterocycles.